The molecule has 0 aliphatic carbocycles. The fourth-order valence-corrected chi connectivity index (χ4v) is 1.90. The minimum absolute atomic E-state index is 0.346. The van der Waals surface area contributed by atoms with E-state index in [0.29, 0.717) is 23.4 Å². The van der Waals surface area contributed by atoms with E-state index in [1.807, 2.05) is 26.0 Å². The van der Waals surface area contributed by atoms with E-state index in [-0.39, 0.29) is 5.41 Å². The number of hydrogen-bond donors (Lipinski definition) is 0. The summed E-state index contributed by atoms with van der Waals surface area (Å²) in [6.45, 7) is 4.34. The van der Waals surface area contributed by atoms with Gasteiger partial charge < -0.3 is 4.74 Å². The second-order valence-corrected chi connectivity index (χ2v) is 5.48. The van der Waals surface area contributed by atoms with Crippen LogP contribution < -0.4 is 4.74 Å². The van der Waals surface area contributed by atoms with Gasteiger partial charge in [0, 0.05) is 15.9 Å². The molecule has 0 N–H and O–H groups in total. The molecule has 17 heavy (non-hydrogen) atoms. The van der Waals surface area contributed by atoms with Gasteiger partial charge in [-0.3, -0.25) is 0 Å². The maximum absolute atomic E-state index is 8.90. The van der Waals surface area contributed by atoms with Gasteiger partial charge in [-0.05, 0) is 38.5 Å². The molecule has 0 atom stereocenters. The molecule has 4 heteroatoms. The summed E-state index contributed by atoms with van der Waals surface area (Å²) < 4.78 is 5.68. The summed E-state index contributed by atoms with van der Waals surface area (Å²) in [7, 11) is 0. The van der Waals surface area contributed by atoms with Gasteiger partial charge in [0.05, 0.1) is 18.1 Å². The van der Waals surface area contributed by atoms with E-state index in [1.165, 1.54) is 0 Å². The summed E-state index contributed by atoms with van der Waals surface area (Å²) in [6, 6.07) is 7.79. The molecule has 0 heterocycles. The minimum atomic E-state index is -0.346. The molecule has 0 bridgehead atoms. The molecule has 0 aliphatic rings. The van der Waals surface area contributed by atoms with Crippen LogP contribution in [-0.4, -0.2) is 6.61 Å². The zero-order chi connectivity index (χ0) is 12.9. The zero-order valence-electron chi connectivity index (χ0n) is 9.96. The van der Waals surface area contributed by atoms with Gasteiger partial charge in [-0.2, -0.15) is 5.26 Å². The number of ether oxygens (including phenoxy) is 1. The van der Waals surface area contributed by atoms with E-state index in [4.69, 9.17) is 21.6 Å². The van der Waals surface area contributed by atoms with Gasteiger partial charge in [0.25, 0.3) is 0 Å². The monoisotopic (exact) mass is 315 g/mol. The normalized spacial score (nSPS) is 11.0. The van der Waals surface area contributed by atoms with Gasteiger partial charge >= 0.3 is 0 Å². The molecule has 2 nitrogen and oxygen atoms in total. The first kappa shape index (κ1) is 14.3. The summed E-state index contributed by atoms with van der Waals surface area (Å²) in [4.78, 5) is 0. The van der Waals surface area contributed by atoms with Gasteiger partial charge in [-0.15, -0.1) is 0 Å². The Kier molecular flexibility index (Phi) is 5.30. The van der Waals surface area contributed by atoms with Crippen LogP contribution in [0.1, 0.15) is 25.8 Å². The Morgan fingerprint density at radius 3 is 2.76 bits per heavy atom. The lowest BCUT2D eigenvalue weighted by Crippen LogP contribution is -2.13. The van der Waals surface area contributed by atoms with E-state index >= 15 is 0 Å². The van der Waals surface area contributed by atoms with E-state index < -0.39 is 0 Å². The van der Waals surface area contributed by atoms with Crippen LogP contribution in [0.4, 0.5) is 0 Å². The van der Waals surface area contributed by atoms with Crippen molar-refractivity contribution in [1.29, 1.82) is 5.26 Å². The maximum Gasteiger partial charge on any atom is 0.123 e. The summed E-state index contributed by atoms with van der Waals surface area (Å²) in [6.07, 6.45) is 0.702. The molecule has 0 aliphatic heterocycles. The lowest BCUT2D eigenvalue weighted by molar-refractivity contribution is 0.263. The van der Waals surface area contributed by atoms with Crippen molar-refractivity contribution < 1.29 is 4.74 Å². The molecule has 1 rings (SSSR count). The molecule has 92 valence electrons. The Morgan fingerprint density at radius 1 is 1.47 bits per heavy atom. The van der Waals surface area contributed by atoms with Crippen molar-refractivity contribution in [2.75, 3.05) is 6.61 Å². The highest BCUT2D eigenvalue weighted by atomic mass is 79.9. The quantitative estimate of drug-likeness (QED) is 0.746. The van der Waals surface area contributed by atoms with E-state index in [1.54, 1.807) is 6.07 Å². The van der Waals surface area contributed by atoms with E-state index in [2.05, 4.69) is 22.0 Å². The summed E-state index contributed by atoms with van der Waals surface area (Å²) in [5, 5.41) is 10.3. The summed E-state index contributed by atoms with van der Waals surface area (Å²) >= 11 is 9.30. The van der Waals surface area contributed by atoms with Crippen molar-refractivity contribution in [1.82, 2.24) is 0 Å². The Labute approximate surface area is 116 Å². The van der Waals surface area contributed by atoms with Crippen LogP contribution in [-0.2, 0) is 5.33 Å². The molecule has 0 spiro atoms. The van der Waals surface area contributed by atoms with Gasteiger partial charge in [0.2, 0.25) is 0 Å². The highest BCUT2D eigenvalue weighted by molar-refractivity contribution is 9.08. The number of hydrogen-bond acceptors (Lipinski definition) is 2. The number of nitrogens with zero attached hydrogens (tertiary/aromatic N) is 1. The molecule has 0 aromatic heterocycles. The maximum atomic E-state index is 8.90. The fourth-order valence-electron chi connectivity index (χ4n) is 1.27. The van der Waals surface area contributed by atoms with Crippen LogP contribution in [0.25, 0.3) is 0 Å². The van der Waals surface area contributed by atoms with Gasteiger partial charge in [-0.1, -0.05) is 27.5 Å². The molecule has 0 saturated heterocycles. The number of alkyl halides is 1. The molecule has 0 saturated carbocycles. The Bertz CT molecular complexity index is 426. The summed E-state index contributed by atoms with van der Waals surface area (Å²) in [5.41, 5.74) is 0.674. The van der Waals surface area contributed by atoms with E-state index in [0.717, 1.165) is 11.3 Å². The third kappa shape index (κ3) is 4.57. The van der Waals surface area contributed by atoms with Crippen molar-refractivity contribution in [3.05, 3.63) is 28.8 Å². The molecule has 0 fully saturated rings. The third-order valence-corrected chi connectivity index (χ3v) is 3.29. The Hall–Kier alpha value is -0.720. The lowest BCUT2D eigenvalue weighted by atomic mass is 9.92. The van der Waals surface area contributed by atoms with Crippen LogP contribution in [0, 0.1) is 16.7 Å². The standard InChI is InChI=1S/C13H15BrClNO/c1-13(2,9-16)5-6-17-12-4-3-11(15)7-10(12)8-14/h3-4,7H,5-6,8H2,1-2H3. The van der Waals surface area contributed by atoms with Crippen molar-refractivity contribution in [3.8, 4) is 11.8 Å². The predicted octanol–water partition coefficient (Wildman–Crippen LogP) is 4.55. The first-order chi connectivity index (χ1) is 7.98. The van der Waals surface area contributed by atoms with Crippen LogP contribution in [0.3, 0.4) is 0 Å². The Balaban J connectivity index is 2.61. The molecule has 0 amide bonds. The van der Waals surface area contributed by atoms with E-state index in [9.17, 15) is 0 Å². The average Bonchev–Trinajstić information content (AvgIpc) is 2.30. The van der Waals surface area contributed by atoms with Crippen LogP contribution in [0.2, 0.25) is 5.02 Å². The van der Waals surface area contributed by atoms with Gasteiger partial charge in [0.1, 0.15) is 5.75 Å². The second-order valence-electron chi connectivity index (χ2n) is 4.48. The minimum Gasteiger partial charge on any atom is -0.493 e. The number of nitriles is 1. The SMILES string of the molecule is CC(C)(C#N)CCOc1ccc(Cl)cc1CBr. The second kappa shape index (κ2) is 6.28. The fraction of sp³-hybridized carbons (Fsp3) is 0.462. The molecular weight excluding hydrogens is 302 g/mol. The third-order valence-electron chi connectivity index (χ3n) is 2.45. The molecule has 1 aromatic carbocycles. The van der Waals surface area contributed by atoms with Crippen LogP contribution in [0.15, 0.2) is 18.2 Å². The van der Waals surface area contributed by atoms with Crippen molar-refractivity contribution in [2.45, 2.75) is 25.6 Å². The zero-order valence-corrected chi connectivity index (χ0v) is 12.3. The average molecular weight is 317 g/mol. The van der Waals surface area contributed by atoms with Crippen molar-refractivity contribution >= 4 is 27.5 Å². The number of halogens is 2. The van der Waals surface area contributed by atoms with Gasteiger partial charge in [0.15, 0.2) is 0 Å². The van der Waals surface area contributed by atoms with Gasteiger partial charge in [-0.25, -0.2) is 0 Å². The predicted molar refractivity (Wildman–Crippen MR) is 73.6 cm³/mol. The number of benzene rings is 1. The first-order valence-corrected chi connectivity index (χ1v) is 6.87. The molecule has 1 aromatic rings. The highest BCUT2D eigenvalue weighted by Crippen LogP contribution is 2.26. The smallest absolute Gasteiger partial charge is 0.123 e. The molecule has 0 unspecified atom stereocenters. The molecule has 0 radical (unpaired) electrons. The summed E-state index contributed by atoms with van der Waals surface area (Å²) in [5.74, 6) is 0.819. The first-order valence-electron chi connectivity index (χ1n) is 5.37. The largest absolute Gasteiger partial charge is 0.493 e. The number of rotatable bonds is 5. The van der Waals surface area contributed by atoms with Crippen LogP contribution in [0.5, 0.6) is 5.75 Å². The highest BCUT2D eigenvalue weighted by Gasteiger charge is 2.16. The Morgan fingerprint density at radius 2 is 2.18 bits per heavy atom. The topological polar surface area (TPSA) is 33.0 Å². The van der Waals surface area contributed by atoms with Crippen molar-refractivity contribution in [2.24, 2.45) is 5.41 Å². The van der Waals surface area contributed by atoms with Crippen LogP contribution >= 0.6 is 27.5 Å². The van der Waals surface area contributed by atoms with Crippen molar-refractivity contribution in [3.63, 3.8) is 0 Å². The molecular formula is C13H15BrClNO. The lowest BCUT2D eigenvalue weighted by Gasteiger charge is -2.16.